The lowest BCUT2D eigenvalue weighted by Crippen LogP contribution is -2.46. The molecule has 3 rings (SSSR count). The molecular formula is C22H26N2O5. The van der Waals surface area contributed by atoms with Gasteiger partial charge in [-0.2, -0.15) is 0 Å². The third-order valence-corrected chi connectivity index (χ3v) is 5.45. The highest BCUT2D eigenvalue weighted by molar-refractivity contribution is 5.85. The van der Waals surface area contributed by atoms with Crippen LogP contribution in [0.4, 0.5) is 0 Å². The number of carboxylic acids is 1. The van der Waals surface area contributed by atoms with Crippen molar-refractivity contribution in [1.82, 2.24) is 9.80 Å². The zero-order chi connectivity index (χ0) is 21.0. The summed E-state index contributed by atoms with van der Waals surface area (Å²) < 4.78 is 0. The van der Waals surface area contributed by atoms with E-state index in [0.717, 1.165) is 16.3 Å². The molecule has 2 amide bonds. The summed E-state index contributed by atoms with van der Waals surface area (Å²) in [5.41, 5.74) is 1.01. The predicted octanol–water partition coefficient (Wildman–Crippen LogP) is 2.01. The maximum atomic E-state index is 12.5. The summed E-state index contributed by atoms with van der Waals surface area (Å²) in [6.45, 7) is 0.858. The van der Waals surface area contributed by atoms with Crippen molar-refractivity contribution in [3.8, 4) is 0 Å². The van der Waals surface area contributed by atoms with Crippen LogP contribution in [0.25, 0.3) is 10.8 Å². The van der Waals surface area contributed by atoms with Gasteiger partial charge in [0, 0.05) is 33.0 Å². The molecule has 1 aliphatic heterocycles. The molecule has 0 saturated carbocycles. The Morgan fingerprint density at radius 2 is 1.86 bits per heavy atom. The Bertz CT molecular complexity index is 913. The van der Waals surface area contributed by atoms with Gasteiger partial charge in [-0.25, -0.2) is 4.79 Å². The first-order valence-corrected chi connectivity index (χ1v) is 9.79. The number of carbonyl (C=O) groups excluding carboxylic acids is 2. The molecule has 1 aliphatic rings. The Morgan fingerprint density at radius 3 is 2.59 bits per heavy atom. The van der Waals surface area contributed by atoms with Crippen LogP contribution in [0, 0.1) is 0 Å². The van der Waals surface area contributed by atoms with E-state index < -0.39 is 18.1 Å². The van der Waals surface area contributed by atoms with E-state index in [-0.39, 0.29) is 24.7 Å². The van der Waals surface area contributed by atoms with Crippen molar-refractivity contribution in [3.63, 3.8) is 0 Å². The van der Waals surface area contributed by atoms with Gasteiger partial charge < -0.3 is 20.0 Å². The van der Waals surface area contributed by atoms with Crippen molar-refractivity contribution in [1.29, 1.82) is 0 Å². The smallest absolute Gasteiger partial charge is 0.334 e. The number of benzene rings is 2. The summed E-state index contributed by atoms with van der Waals surface area (Å²) in [6.07, 6.45) is -0.433. The summed E-state index contributed by atoms with van der Waals surface area (Å²) in [6, 6.07) is 13.4. The molecule has 0 aliphatic carbocycles. The number of carboxylic acid groups (broad SMARTS) is 1. The largest absolute Gasteiger partial charge is 0.479 e. The van der Waals surface area contributed by atoms with Crippen LogP contribution in [0.1, 0.15) is 31.2 Å². The zero-order valence-electron chi connectivity index (χ0n) is 16.5. The first kappa shape index (κ1) is 20.8. The van der Waals surface area contributed by atoms with Crippen molar-refractivity contribution >= 4 is 28.6 Å². The molecule has 1 heterocycles. The lowest BCUT2D eigenvalue weighted by atomic mass is 10.1. The van der Waals surface area contributed by atoms with E-state index in [1.165, 1.54) is 4.90 Å². The fourth-order valence-corrected chi connectivity index (χ4v) is 3.84. The van der Waals surface area contributed by atoms with Gasteiger partial charge in [-0.3, -0.25) is 9.59 Å². The van der Waals surface area contributed by atoms with Crippen LogP contribution >= 0.6 is 0 Å². The van der Waals surface area contributed by atoms with Crippen LogP contribution in [-0.4, -0.2) is 63.5 Å². The second-order valence-corrected chi connectivity index (χ2v) is 7.51. The number of amides is 2. The maximum Gasteiger partial charge on any atom is 0.334 e. The lowest BCUT2D eigenvalue weighted by Gasteiger charge is -2.27. The highest BCUT2D eigenvalue weighted by atomic mass is 16.4. The molecule has 7 heteroatoms. The number of aliphatic hydroxyl groups excluding tert-OH is 1. The second-order valence-electron chi connectivity index (χ2n) is 7.51. The van der Waals surface area contributed by atoms with E-state index in [2.05, 4.69) is 0 Å². The number of hydrogen-bond acceptors (Lipinski definition) is 4. The minimum Gasteiger partial charge on any atom is -0.479 e. The Morgan fingerprint density at radius 1 is 1.14 bits per heavy atom. The third kappa shape index (κ3) is 4.92. The molecule has 2 atom stereocenters. The molecule has 0 bridgehead atoms. The van der Waals surface area contributed by atoms with Crippen molar-refractivity contribution in [2.45, 2.75) is 44.4 Å². The number of nitrogens with zero attached hydrogens (tertiary/aromatic N) is 2. The molecule has 1 unspecified atom stereocenters. The van der Waals surface area contributed by atoms with Crippen LogP contribution in [0.3, 0.4) is 0 Å². The van der Waals surface area contributed by atoms with E-state index in [9.17, 15) is 19.5 Å². The van der Waals surface area contributed by atoms with Gasteiger partial charge in [-0.05, 0) is 35.2 Å². The minimum absolute atomic E-state index is 0.00370. The zero-order valence-corrected chi connectivity index (χ0v) is 16.5. The van der Waals surface area contributed by atoms with Crippen LogP contribution in [0.5, 0.6) is 0 Å². The average Bonchev–Trinajstić information content (AvgIpc) is 3.20. The summed E-state index contributed by atoms with van der Waals surface area (Å²) in [4.78, 5) is 38.9. The molecule has 1 saturated heterocycles. The fourth-order valence-electron chi connectivity index (χ4n) is 3.84. The second kappa shape index (κ2) is 9.05. The summed E-state index contributed by atoms with van der Waals surface area (Å²) in [5, 5.41) is 21.0. The van der Waals surface area contributed by atoms with Gasteiger partial charge in [0.15, 0.2) is 6.10 Å². The van der Waals surface area contributed by atoms with Gasteiger partial charge in [0.2, 0.25) is 11.8 Å². The predicted molar refractivity (Wildman–Crippen MR) is 108 cm³/mol. The first-order chi connectivity index (χ1) is 13.9. The fraction of sp³-hybridized carbons (Fsp3) is 0.409. The standard InChI is InChI=1S/C22H26N2O5/c1-23(14-15-8-9-16-5-2-3-6-17(16)13-15)19(25)10-11-20(26)24-12-4-7-18(24)21(27)22(28)29/h2-3,5-6,8-9,13,18,21,27H,4,7,10-12,14H2,1H3,(H,28,29)/t18-,21?/m0/s1. The molecular weight excluding hydrogens is 372 g/mol. The molecule has 154 valence electrons. The third-order valence-electron chi connectivity index (χ3n) is 5.45. The van der Waals surface area contributed by atoms with Gasteiger partial charge in [0.05, 0.1) is 6.04 Å². The Labute approximate surface area is 169 Å². The Kier molecular flexibility index (Phi) is 6.49. The minimum atomic E-state index is -1.59. The van der Waals surface area contributed by atoms with E-state index in [4.69, 9.17) is 5.11 Å². The molecule has 0 radical (unpaired) electrons. The lowest BCUT2D eigenvalue weighted by molar-refractivity contribution is -0.152. The van der Waals surface area contributed by atoms with Crippen molar-refractivity contribution in [3.05, 3.63) is 48.0 Å². The van der Waals surface area contributed by atoms with Crippen LogP contribution < -0.4 is 0 Å². The maximum absolute atomic E-state index is 12.5. The quantitative estimate of drug-likeness (QED) is 0.744. The molecule has 0 spiro atoms. The van der Waals surface area contributed by atoms with Crippen LogP contribution in [0.2, 0.25) is 0 Å². The molecule has 29 heavy (non-hydrogen) atoms. The van der Waals surface area contributed by atoms with Gasteiger partial charge >= 0.3 is 5.97 Å². The van der Waals surface area contributed by atoms with E-state index in [1.807, 2.05) is 42.5 Å². The molecule has 2 aromatic carbocycles. The summed E-state index contributed by atoms with van der Waals surface area (Å²) in [7, 11) is 1.70. The topological polar surface area (TPSA) is 98.2 Å². The Balaban J connectivity index is 1.54. The molecule has 1 fully saturated rings. The van der Waals surface area contributed by atoms with Gasteiger partial charge in [0.25, 0.3) is 0 Å². The average molecular weight is 398 g/mol. The van der Waals surface area contributed by atoms with E-state index in [0.29, 0.717) is 25.9 Å². The number of carbonyl (C=O) groups is 3. The van der Waals surface area contributed by atoms with Gasteiger partial charge in [0.1, 0.15) is 0 Å². The van der Waals surface area contributed by atoms with E-state index >= 15 is 0 Å². The number of aliphatic hydroxyl groups is 1. The van der Waals surface area contributed by atoms with Crippen molar-refractivity contribution in [2.24, 2.45) is 0 Å². The van der Waals surface area contributed by atoms with Crippen molar-refractivity contribution in [2.75, 3.05) is 13.6 Å². The molecule has 7 nitrogen and oxygen atoms in total. The SMILES string of the molecule is CN(Cc1ccc2ccccc2c1)C(=O)CCC(=O)N1CCC[C@H]1C(O)C(=O)O. The van der Waals surface area contributed by atoms with Crippen molar-refractivity contribution < 1.29 is 24.6 Å². The highest BCUT2D eigenvalue weighted by Gasteiger charge is 2.37. The Hall–Kier alpha value is -2.93. The normalized spacial score (nSPS) is 17.3. The van der Waals surface area contributed by atoms with Gasteiger partial charge in [-0.1, -0.05) is 36.4 Å². The van der Waals surface area contributed by atoms with Gasteiger partial charge in [-0.15, -0.1) is 0 Å². The number of fused-ring (bicyclic) bond motifs is 1. The summed E-state index contributed by atoms with van der Waals surface area (Å²) in [5.74, 6) is -1.78. The monoisotopic (exact) mass is 398 g/mol. The van der Waals surface area contributed by atoms with Crippen LogP contribution in [-0.2, 0) is 20.9 Å². The first-order valence-electron chi connectivity index (χ1n) is 9.79. The number of likely N-dealkylation sites (tertiary alicyclic amines) is 1. The van der Waals surface area contributed by atoms with Crippen LogP contribution in [0.15, 0.2) is 42.5 Å². The summed E-state index contributed by atoms with van der Waals surface area (Å²) >= 11 is 0. The number of hydrogen-bond donors (Lipinski definition) is 2. The molecule has 0 aromatic heterocycles. The number of aliphatic carboxylic acids is 1. The highest BCUT2D eigenvalue weighted by Crippen LogP contribution is 2.22. The molecule has 2 aromatic rings. The van der Waals surface area contributed by atoms with E-state index in [1.54, 1.807) is 11.9 Å². The molecule has 2 N–H and O–H groups in total. The number of rotatable bonds is 7.